The van der Waals surface area contributed by atoms with Crippen molar-refractivity contribution >= 4 is 27.7 Å². The Bertz CT molecular complexity index is 1000. The lowest BCUT2D eigenvalue weighted by molar-refractivity contribution is 0.546. The fourth-order valence-corrected chi connectivity index (χ4v) is 2.22. The van der Waals surface area contributed by atoms with Crippen molar-refractivity contribution < 1.29 is 4.42 Å². The highest BCUT2D eigenvalue weighted by Gasteiger charge is 2.11. The van der Waals surface area contributed by atoms with Crippen LogP contribution < -0.4 is 11.4 Å². The van der Waals surface area contributed by atoms with Gasteiger partial charge in [-0.2, -0.15) is 0 Å². The summed E-state index contributed by atoms with van der Waals surface area (Å²) in [5.74, 6) is 0. The van der Waals surface area contributed by atoms with E-state index in [9.17, 15) is 4.79 Å². The normalized spacial score (nSPS) is 11.2. The molecule has 0 amide bonds. The average Bonchev–Trinajstić information content (AvgIpc) is 2.90. The van der Waals surface area contributed by atoms with E-state index in [0.717, 1.165) is 5.39 Å². The molecular weight excluding hydrogens is 268 g/mol. The molecule has 0 atom stereocenters. The number of nitrogens with two attached hydrogens (primary N) is 1. The van der Waals surface area contributed by atoms with Crippen molar-refractivity contribution in [2.75, 3.05) is 5.73 Å². The Labute approximate surface area is 118 Å². The minimum atomic E-state index is -0.506. The number of aromatic nitrogens is 3. The van der Waals surface area contributed by atoms with E-state index in [1.54, 1.807) is 24.3 Å². The highest BCUT2D eigenvalue weighted by Crippen LogP contribution is 2.18. The maximum atomic E-state index is 12.1. The van der Waals surface area contributed by atoms with Crippen molar-refractivity contribution in [3.8, 4) is 5.69 Å². The minimum absolute atomic E-state index is 0.267. The summed E-state index contributed by atoms with van der Waals surface area (Å²) in [6.07, 6.45) is 0. The van der Waals surface area contributed by atoms with Gasteiger partial charge in [-0.25, -0.2) is 4.79 Å². The summed E-state index contributed by atoms with van der Waals surface area (Å²) in [6, 6.07) is 14.3. The molecule has 0 saturated carbocycles. The first kappa shape index (κ1) is 11.7. The van der Waals surface area contributed by atoms with Crippen LogP contribution in [0.15, 0.2) is 57.7 Å². The predicted molar refractivity (Wildman–Crippen MR) is 79.3 cm³/mol. The number of hydrogen-bond acceptors (Lipinski definition) is 5. The van der Waals surface area contributed by atoms with Gasteiger partial charge in [0.2, 0.25) is 0 Å². The minimum Gasteiger partial charge on any atom is -0.421 e. The summed E-state index contributed by atoms with van der Waals surface area (Å²) >= 11 is 0. The third kappa shape index (κ3) is 1.85. The Balaban J connectivity index is 1.99. The second-order valence-corrected chi connectivity index (χ2v) is 4.69. The molecule has 0 saturated heterocycles. The van der Waals surface area contributed by atoms with Crippen LogP contribution >= 0.6 is 0 Å². The first-order valence-electron chi connectivity index (χ1n) is 6.36. The van der Waals surface area contributed by atoms with Crippen molar-refractivity contribution in [1.29, 1.82) is 0 Å². The molecule has 0 aliphatic carbocycles. The quantitative estimate of drug-likeness (QED) is 0.425. The molecule has 2 heterocycles. The molecule has 2 aromatic heterocycles. The van der Waals surface area contributed by atoms with E-state index in [1.807, 2.05) is 24.3 Å². The molecule has 0 radical (unpaired) electrons. The van der Waals surface area contributed by atoms with E-state index in [2.05, 4.69) is 10.2 Å². The van der Waals surface area contributed by atoms with Crippen molar-refractivity contribution in [3.63, 3.8) is 0 Å². The van der Waals surface area contributed by atoms with Gasteiger partial charge in [-0.15, -0.1) is 15.0 Å². The topological polar surface area (TPSA) is 86.9 Å². The molecule has 2 N–H and O–H groups in total. The molecule has 6 nitrogen and oxygen atoms in total. The van der Waals surface area contributed by atoms with Crippen molar-refractivity contribution in [3.05, 3.63) is 59.0 Å². The highest BCUT2D eigenvalue weighted by atomic mass is 16.4. The third-order valence-corrected chi connectivity index (χ3v) is 3.24. The first-order chi connectivity index (χ1) is 10.2. The van der Waals surface area contributed by atoms with Crippen LogP contribution in [0.1, 0.15) is 0 Å². The molecule has 21 heavy (non-hydrogen) atoms. The van der Waals surface area contributed by atoms with Gasteiger partial charge < -0.3 is 10.2 Å². The van der Waals surface area contributed by atoms with Crippen LogP contribution in [0.2, 0.25) is 0 Å². The van der Waals surface area contributed by atoms with Crippen LogP contribution in [0, 0.1) is 0 Å². The fourth-order valence-electron chi connectivity index (χ4n) is 2.22. The summed E-state index contributed by atoms with van der Waals surface area (Å²) in [6.45, 7) is 0. The molecule has 0 aliphatic heterocycles. The van der Waals surface area contributed by atoms with Crippen molar-refractivity contribution in [2.45, 2.75) is 0 Å². The Morgan fingerprint density at radius 2 is 1.71 bits per heavy atom. The lowest BCUT2D eigenvalue weighted by atomic mass is 10.2. The number of rotatable bonds is 1. The maximum Gasteiger partial charge on any atom is 0.364 e. The van der Waals surface area contributed by atoms with Crippen LogP contribution in [0.25, 0.3) is 27.7 Å². The van der Waals surface area contributed by atoms with E-state index < -0.39 is 5.63 Å². The van der Waals surface area contributed by atoms with Crippen LogP contribution in [-0.2, 0) is 0 Å². The summed E-state index contributed by atoms with van der Waals surface area (Å²) < 4.78 is 5.29. The summed E-state index contributed by atoms with van der Waals surface area (Å²) in [5, 5.41) is 9.34. The van der Waals surface area contributed by atoms with E-state index in [4.69, 9.17) is 10.2 Å². The number of nitrogens with zero attached hydrogens (tertiary/aromatic N) is 3. The number of benzene rings is 2. The molecule has 6 heteroatoms. The standard InChI is InChI=1S/C15H10N4O2/c16-10-6-5-9-7-13(15(20)21-14(9)8-10)19-17-11-3-1-2-4-12(11)18-19/h1-8H,16H2. The van der Waals surface area contributed by atoms with Crippen LogP contribution in [0.3, 0.4) is 0 Å². The zero-order valence-corrected chi connectivity index (χ0v) is 10.9. The Kier molecular flexibility index (Phi) is 2.32. The second kappa shape index (κ2) is 4.17. The Hall–Kier alpha value is -3.15. The zero-order chi connectivity index (χ0) is 14.4. The summed E-state index contributed by atoms with van der Waals surface area (Å²) in [4.78, 5) is 13.4. The first-order valence-corrected chi connectivity index (χ1v) is 6.36. The Morgan fingerprint density at radius 3 is 2.43 bits per heavy atom. The SMILES string of the molecule is Nc1ccc2cc(-n3nc4ccccc4n3)c(=O)oc2c1. The number of anilines is 1. The van der Waals surface area contributed by atoms with E-state index in [0.29, 0.717) is 22.3 Å². The van der Waals surface area contributed by atoms with Gasteiger partial charge in [-0.05, 0) is 30.3 Å². The number of fused-ring (bicyclic) bond motifs is 2. The van der Waals surface area contributed by atoms with E-state index >= 15 is 0 Å². The summed E-state index contributed by atoms with van der Waals surface area (Å²) in [7, 11) is 0. The molecule has 102 valence electrons. The molecule has 0 spiro atoms. The summed E-state index contributed by atoms with van der Waals surface area (Å²) in [5.41, 5.74) is 7.86. The van der Waals surface area contributed by atoms with Gasteiger partial charge in [0.15, 0.2) is 5.69 Å². The molecule has 4 rings (SSSR count). The second-order valence-electron chi connectivity index (χ2n) is 4.69. The van der Waals surface area contributed by atoms with Crippen molar-refractivity contribution in [1.82, 2.24) is 15.0 Å². The molecule has 0 fully saturated rings. The monoisotopic (exact) mass is 278 g/mol. The molecule has 0 unspecified atom stereocenters. The predicted octanol–water partition coefficient (Wildman–Crippen LogP) is 2.11. The smallest absolute Gasteiger partial charge is 0.364 e. The maximum absolute atomic E-state index is 12.1. The average molecular weight is 278 g/mol. The molecule has 4 aromatic rings. The Morgan fingerprint density at radius 1 is 1.00 bits per heavy atom. The fraction of sp³-hybridized carbons (Fsp3) is 0. The van der Waals surface area contributed by atoms with E-state index in [1.165, 1.54) is 4.80 Å². The van der Waals surface area contributed by atoms with Gasteiger partial charge in [0.1, 0.15) is 16.6 Å². The largest absolute Gasteiger partial charge is 0.421 e. The van der Waals surface area contributed by atoms with Gasteiger partial charge in [0, 0.05) is 17.1 Å². The van der Waals surface area contributed by atoms with Gasteiger partial charge in [0.05, 0.1) is 0 Å². The lowest BCUT2D eigenvalue weighted by Crippen LogP contribution is -2.12. The molecule has 0 bridgehead atoms. The number of hydrogen-bond donors (Lipinski definition) is 1. The molecular formula is C15H10N4O2. The van der Waals surface area contributed by atoms with Gasteiger partial charge >= 0.3 is 5.63 Å². The van der Waals surface area contributed by atoms with Gasteiger partial charge in [-0.1, -0.05) is 12.1 Å². The van der Waals surface area contributed by atoms with Crippen LogP contribution in [0.5, 0.6) is 0 Å². The molecule has 0 aliphatic rings. The molecule has 2 aromatic carbocycles. The third-order valence-electron chi connectivity index (χ3n) is 3.24. The van der Waals surface area contributed by atoms with E-state index in [-0.39, 0.29) is 5.69 Å². The van der Waals surface area contributed by atoms with Crippen LogP contribution in [-0.4, -0.2) is 15.0 Å². The lowest BCUT2D eigenvalue weighted by Gasteiger charge is -2.01. The van der Waals surface area contributed by atoms with Gasteiger partial charge in [0.25, 0.3) is 0 Å². The zero-order valence-electron chi connectivity index (χ0n) is 10.9. The number of nitrogen functional groups attached to an aromatic ring is 1. The highest BCUT2D eigenvalue weighted by molar-refractivity contribution is 5.81. The van der Waals surface area contributed by atoms with Crippen molar-refractivity contribution in [2.24, 2.45) is 0 Å². The van der Waals surface area contributed by atoms with Crippen LogP contribution in [0.4, 0.5) is 5.69 Å². The van der Waals surface area contributed by atoms with Gasteiger partial charge in [-0.3, -0.25) is 0 Å².